The molecule has 2 heterocycles. The number of amides is 1. The molecule has 6 nitrogen and oxygen atoms in total. The number of nitrogens with zero attached hydrogens (tertiary/aromatic N) is 4. The van der Waals surface area contributed by atoms with E-state index >= 15 is 0 Å². The van der Waals surface area contributed by atoms with Crippen molar-refractivity contribution in [3.8, 4) is 0 Å². The molecule has 1 atom stereocenters. The van der Waals surface area contributed by atoms with Gasteiger partial charge in [0.05, 0.1) is 18.4 Å². The fraction of sp³-hybridized carbons (Fsp3) is 0.500. The van der Waals surface area contributed by atoms with E-state index in [0.717, 1.165) is 43.4 Å². The number of thioether (sulfide) groups is 1. The average molecular weight is 360 g/mol. The maximum absolute atomic E-state index is 11.9. The van der Waals surface area contributed by atoms with Gasteiger partial charge in [-0.25, -0.2) is 0 Å². The highest BCUT2D eigenvalue weighted by Gasteiger charge is 2.21. The lowest BCUT2D eigenvalue weighted by atomic mass is 10.1. The smallest absolute Gasteiger partial charge is 0.232 e. The quantitative estimate of drug-likeness (QED) is 0.709. The molecule has 0 N–H and O–H groups in total. The molecule has 0 bridgehead atoms. The summed E-state index contributed by atoms with van der Waals surface area (Å²) in [4.78, 5) is 13.5. The first-order valence-electron chi connectivity index (χ1n) is 8.54. The van der Waals surface area contributed by atoms with Crippen LogP contribution in [0.2, 0.25) is 0 Å². The van der Waals surface area contributed by atoms with Crippen LogP contribution >= 0.6 is 11.8 Å². The summed E-state index contributed by atoms with van der Waals surface area (Å²) < 4.78 is 7.91. The molecule has 1 fully saturated rings. The maximum Gasteiger partial charge on any atom is 0.232 e. The standard InChI is InChI=1S/C18H24N4O2S/c1-21(2)17(23)13-25-18-20-19-16(11-14-7-4-3-5-8-14)22(18)12-15-9-6-10-24-15/h3-5,7-8,15H,6,9-13H2,1-2H3/t15-/m0/s1. The Labute approximate surface area is 152 Å². The van der Waals surface area contributed by atoms with Crippen molar-refractivity contribution < 1.29 is 9.53 Å². The van der Waals surface area contributed by atoms with E-state index in [2.05, 4.69) is 26.9 Å². The zero-order valence-electron chi connectivity index (χ0n) is 14.7. The van der Waals surface area contributed by atoms with Crippen molar-refractivity contribution in [2.45, 2.75) is 37.1 Å². The summed E-state index contributed by atoms with van der Waals surface area (Å²) in [5, 5.41) is 9.51. The number of rotatable bonds is 7. The summed E-state index contributed by atoms with van der Waals surface area (Å²) in [5.41, 5.74) is 1.20. The molecule has 0 saturated carbocycles. The third kappa shape index (κ3) is 4.83. The van der Waals surface area contributed by atoms with Gasteiger partial charge in [-0.1, -0.05) is 42.1 Å². The van der Waals surface area contributed by atoms with E-state index in [4.69, 9.17) is 4.74 Å². The van der Waals surface area contributed by atoms with Crippen molar-refractivity contribution in [1.29, 1.82) is 0 Å². The molecule has 25 heavy (non-hydrogen) atoms. The molecule has 1 amide bonds. The van der Waals surface area contributed by atoms with Crippen LogP contribution in [0.5, 0.6) is 0 Å². The van der Waals surface area contributed by atoms with Crippen molar-refractivity contribution in [3.63, 3.8) is 0 Å². The van der Waals surface area contributed by atoms with Crippen molar-refractivity contribution in [2.24, 2.45) is 0 Å². The van der Waals surface area contributed by atoms with Crippen LogP contribution in [0.15, 0.2) is 35.5 Å². The molecule has 1 aliphatic heterocycles. The Balaban J connectivity index is 1.77. The van der Waals surface area contributed by atoms with Crippen LogP contribution in [-0.4, -0.2) is 58.1 Å². The number of aromatic nitrogens is 3. The zero-order chi connectivity index (χ0) is 17.6. The SMILES string of the molecule is CN(C)C(=O)CSc1nnc(Cc2ccccc2)n1C[C@@H]1CCCO1. The minimum atomic E-state index is 0.0706. The first-order valence-corrected chi connectivity index (χ1v) is 9.52. The minimum absolute atomic E-state index is 0.0706. The Morgan fingerprint density at radius 3 is 2.80 bits per heavy atom. The van der Waals surface area contributed by atoms with E-state index in [1.807, 2.05) is 18.2 Å². The number of benzene rings is 1. The molecule has 3 rings (SSSR count). The van der Waals surface area contributed by atoms with Crippen LogP contribution in [-0.2, 0) is 22.5 Å². The summed E-state index contributed by atoms with van der Waals surface area (Å²) in [6.07, 6.45) is 3.09. The summed E-state index contributed by atoms with van der Waals surface area (Å²) in [7, 11) is 3.53. The van der Waals surface area contributed by atoms with Gasteiger partial charge in [-0.2, -0.15) is 0 Å². The zero-order valence-corrected chi connectivity index (χ0v) is 15.5. The van der Waals surface area contributed by atoms with Gasteiger partial charge < -0.3 is 14.2 Å². The van der Waals surface area contributed by atoms with Gasteiger partial charge in [0.25, 0.3) is 0 Å². The Kier molecular flexibility index (Phi) is 6.09. The van der Waals surface area contributed by atoms with Crippen molar-refractivity contribution in [3.05, 3.63) is 41.7 Å². The fourth-order valence-corrected chi connectivity index (χ4v) is 3.71. The van der Waals surface area contributed by atoms with Crippen LogP contribution < -0.4 is 0 Å². The number of carbonyl (C=O) groups is 1. The molecule has 1 aromatic heterocycles. The Hall–Kier alpha value is -1.86. The van der Waals surface area contributed by atoms with Crippen molar-refractivity contribution >= 4 is 17.7 Å². The van der Waals surface area contributed by atoms with E-state index in [9.17, 15) is 4.79 Å². The number of carbonyl (C=O) groups excluding carboxylic acids is 1. The van der Waals surface area contributed by atoms with Crippen LogP contribution in [0.25, 0.3) is 0 Å². The molecule has 134 valence electrons. The fourth-order valence-electron chi connectivity index (χ4n) is 2.77. The normalized spacial score (nSPS) is 17.0. The van der Waals surface area contributed by atoms with Crippen LogP contribution in [0.1, 0.15) is 24.2 Å². The number of ether oxygens (including phenoxy) is 1. The van der Waals surface area contributed by atoms with E-state index in [-0.39, 0.29) is 12.0 Å². The molecule has 1 aromatic carbocycles. The second kappa shape index (κ2) is 8.49. The van der Waals surface area contributed by atoms with Crippen LogP contribution in [0.3, 0.4) is 0 Å². The number of hydrogen-bond acceptors (Lipinski definition) is 5. The van der Waals surface area contributed by atoms with E-state index in [0.29, 0.717) is 5.75 Å². The maximum atomic E-state index is 11.9. The van der Waals surface area contributed by atoms with Crippen molar-refractivity contribution in [1.82, 2.24) is 19.7 Å². The second-order valence-electron chi connectivity index (χ2n) is 6.38. The van der Waals surface area contributed by atoms with Gasteiger partial charge in [-0.15, -0.1) is 10.2 Å². The van der Waals surface area contributed by atoms with Gasteiger partial charge in [0.15, 0.2) is 5.16 Å². The molecular formula is C18H24N4O2S. The summed E-state index contributed by atoms with van der Waals surface area (Å²) >= 11 is 1.44. The molecule has 1 aliphatic rings. The van der Waals surface area contributed by atoms with E-state index < -0.39 is 0 Å². The summed E-state index contributed by atoms with van der Waals surface area (Å²) in [6, 6.07) is 10.2. The topological polar surface area (TPSA) is 60.2 Å². The molecule has 1 saturated heterocycles. The Bertz CT molecular complexity index is 696. The molecule has 0 spiro atoms. The molecular weight excluding hydrogens is 336 g/mol. The lowest BCUT2D eigenvalue weighted by Crippen LogP contribution is -2.24. The molecule has 2 aromatic rings. The van der Waals surface area contributed by atoms with E-state index in [1.54, 1.807) is 19.0 Å². The highest BCUT2D eigenvalue weighted by molar-refractivity contribution is 7.99. The lowest BCUT2D eigenvalue weighted by molar-refractivity contribution is -0.125. The summed E-state index contributed by atoms with van der Waals surface area (Å²) in [6.45, 7) is 1.57. The minimum Gasteiger partial charge on any atom is -0.376 e. The molecule has 0 aliphatic carbocycles. The van der Waals surface area contributed by atoms with Gasteiger partial charge in [0, 0.05) is 27.1 Å². The van der Waals surface area contributed by atoms with Gasteiger partial charge in [-0.3, -0.25) is 4.79 Å². The van der Waals surface area contributed by atoms with Gasteiger partial charge in [0.1, 0.15) is 5.82 Å². The van der Waals surface area contributed by atoms with Gasteiger partial charge in [-0.05, 0) is 18.4 Å². The molecule has 7 heteroatoms. The van der Waals surface area contributed by atoms with Crippen molar-refractivity contribution in [2.75, 3.05) is 26.5 Å². The third-order valence-corrected chi connectivity index (χ3v) is 5.18. The number of hydrogen-bond donors (Lipinski definition) is 0. The highest BCUT2D eigenvalue weighted by Crippen LogP contribution is 2.22. The van der Waals surface area contributed by atoms with Gasteiger partial charge >= 0.3 is 0 Å². The highest BCUT2D eigenvalue weighted by atomic mass is 32.2. The molecule has 0 radical (unpaired) electrons. The molecule has 0 unspecified atom stereocenters. The largest absolute Gasteiger partial charge is 0.376 e. The van der Waals surface area contributed by atoms with Crippen LogP contribution in [0, 0.1) is 0 Å². The third-order valence-electron chi connectivity index (χ3n) is 4.23. The first-order chi connectivity index (χ1) is 12.1. The lowest BCUT2D eigenvalue weighted by Gasteiger charge is -2.15. The second-order valence-corrected chi connectivity index (χ2v) is 7.33. The average Bonchev–Trinajstić information content (AvgIpc) is 3.25. The van der Waals surface area contributed by atoms with E-state index in [1.165, 1.54) is 17.3 Å². The predicted octanol–water partition coefficient (Wildman–Crippen LogP) is 2.23. The Morgan fingerprint density at radius 1 is 1.32 bits per heavy atom. The summed E-state index contributed by atoms with van der Waals surface area (Å²) in [5.74, 6) is 1.35. The predicted molar refractivity (Wildman–Crippen MR) is 97.7 cm³/mol. The first kappa shape index (κ1) is 17.9. The monoisotopic (exact) mass is 360 g/mol. The van der Waals surface area contributed by atoms with Crippen LogP contribution in [0.4, 0.5) is 0 Å². The Morgan fingerprint density at radius 2 is 2.12 bits per heavy atom. The van der Waals surface area contributed by atoms with Gasteiger partial charge in [0.2, 0.25) is 5.91 Å².